The lowest BCUT2D eigenvalue weighted by Crippen LogP contribution is -2.37. The zero-order valence-electron chi connectivity index (χ0n) is 28.2. The molecule has 2 fully saturated rings. The van der Waals surface area contributed by atoms with Crippen LogP contribution in [-0.2, 0) is 4.79 Å². The molecule has 1 aromatic carbocycles. The Hall–Kier alpha value is -1.30. The number of rotatable bonds is 21. The van der Waals surface area contributed by atoms with Gasteiger partial charge >= 0.3 is 5.97 Å². The van der Waals surface area contributed by atoms with Gasteiger partial charge in [0.15, 0.2) is 17.5 Å². The molecule has 2 aliphatic rings. The molecule has 252 valence electrons. The van der Waals surface area contributed by atoms with E-state index in [4.69, 9.17) is 4.74 Å². The maximum absolute atomic E-state index is 13.6. The SMILES string of the molecule is CCCCCCCCCCCCCCC(CCCC1(C2CCC(C(=O)Oc3cc(F)c(F)c(F)c3)CC2)CCCCC1)[SiH2]C. The third-order valence-electron chi connectivity index (χ3n) is 11.3. The highest BCUT2D eigenvalue weighted by Crippen LogP contribution is 2.52. The van der Waals surface area contributed by atoms with Crippen LogP contribution in [0.4, 0.5) is 13.2 Å². The minimum absolute atomic E-state index is 0.00908. The van der Waals surface area contributed by atoms with E-state index < -0.39 is 23.4 Å². The first kappa shape index (κ1) is 37.2. The van der Waals surface area contributed by atoms with Gasteiger partial charge in [-0.2, -0.15) is 0 Å². The Morgan fingerprint density at radius 1 is 0.795 bits per heavy atom. The maximum Gasteiger partial charge on any atom is 0.314 e. The number of esters is 1. The van der Waals surface area contributed by atoms with Crippen molar-refractivity contribution in [2.75, 3.05) is 0 Å². The summed E-state index contributed by atoms with van der Waals surface area (Å²) in [5, 5.41) is 0. The second kappa shape index (κ2) is 20.7. The number of carbonyl (C=O) groups is 1. The predicted molar refractivity (Wildman–Crippen MR) is 181 cm³/mol. The molecule has 2 nitrogen and oxygen atoms in total. The summed E-state index contributed by atoms with van der Waals surface area (Å²) in [4.78, 5) is 12.8. The molecule has 0 aromatic heterocycles. The van der Waals surface area contributed by atoms with Crippen molar-refractivity contribution in [2.24, 2.45) is 17.3 Å². The van der Waals surface area contributed by atoms with E-state index in [1.807, 2.05) is 0 Å². The number of halogens is 3. The van der Waals surface area contributed by atoms with Crippen LogP contribution in [0.3, 0.4) is 0 Å². The van der Waals surface area contributed by atoms with Gasteiger partial charge in [0, 0.05) is 21.7 Å². The molecule has 6 heteroatoms. The summed E-state index contributed by atoms with van der Waals surface area (Å²) in [5.74, 6) is -4.51. The maximum atomic E-state index is 13.6. The molecule has 0 bridgehead atoms. The number of unbranched alkanes of at least 4 members (excludes halogenated alkanes) is 11. The van der Waals surface area contributed by atoms with Gasteiger partial charge < -0.3 is 4.74 Å². The fraction of sp³-hybridized carbons (Fsp3) is 0.816. The summed E-state index contributed by atoms with van der Waals surface area (Å²) in [5.41, 5.74) is 1.41. The molecular formula is C38H63F3O2Si. The molecule has 3 rings (SSSR count). The Kier molecular flexibility index (Phi) is 17.5. The summed E-state index contributed by atoms with van der Waals surface area (Å²) in [7, 11) is 0.00908. The summed E-state index contributed by atoms with van der Waals surface area (Å²) >= 11 is 0. The van der Waals surface area contributed by atoms with Crippen molar-refractivity contribution in [1.82, 2.24) is 0 Å². The molecule has 0 amide bonds. The number of ether oxygens (including phenoxy) is 1. The standard InChI is InChI=1S/C38H63F3O2Si/c1-3-4-5-6-7-8-9-10-11-12-13-15-19-33(44-2)20-18-27-38(25-16-14-17-26-38)31-23-21-30(22-24-31)37(42)43-32-28-34(39)36(41)35(40)29-32/h28-31,33H,3-27,44H2,1-2H3. The highest BCUT2D eigenvalue weighted by atomic mass is 28.2. The van der Waals surface area contributed by atoms with Gasteiger partial charge in [0.2, 0.25) is 0 Å². The number of carbonyl (C=O) groups excluding carboxylic acids is 1. The Morgan fingerprint density at radius 2 is 1.32 bits per heavy atom. The topological polar surface area (TPSA) is 26.3 Å². The van der Waals surface area contributed by atoms with Gasteiger partial charge in [-0.15, -0.1) is 0 Å². The quantitative estimate of drug-likeness (QED) is 0.0441. The molecule has 0 saturated heterocycles. The van der Waals surface area contributed by atoms with E-state index in [-0.39, 0.29) is 21.2 Å². The minimum atomic E-state index is -1.54. The van der Waals surface area contributed by atoms with Gasteiger partial charge in [-0.25, -0.2) is 13.2 Å². The van der Waals surface area contributed by atoms with Crippen molar-refractivity contribution in [3.63, 3.8) is 0 Å². The first-order chi connectivity index (χ1) is 21.4. The third kappa shape index (κ3) is 12.5. The van der Waals surface area contributed by atoms with Crippen LogP contribution in [0.2, 0.25) is 12.1 Å². The summed E-state index contributed by atoms with van der Waals surface area (Å²) in [6.07, 6.45) is 32.8. The Bertz CT molecular complexity index is 917. The molecular weight excluding hydrogens is 573 g/mol. The van der Waals surface area contributed by atoms with E-state index in [2.05, 4.69) is 13.5 Å². The average molecular weight is 637 g/mol. The van der Waals surface area contributed by atoms with E-state index in [1.165, 1.54) is 135 Å². The predicted octanol–water partition coefficient (Wildman–Crippen LogP) is 12.0. The van der Waals surface area contributed by atoms with E-state index in [0.717, 1.165) is 43.4 Å². The molecule has 1 aromatic rings. The van der Waals surface area contributed by atoms with Crippen molar-refractivity contribution in [2.45, 2.75) is 180 Å². The lowest BCUT2D eigenvalue weighted by molar-refractivity contribution is -0.141. The van der Waals surface area contributed by atoms with Crippen molar-refractivity contribution < 1.29 is 22.7 Å². The van der Waals surface area contributed by atoms with E-state index in [9.17, 15) is 18.0 Å². The minimum Gasteiger partial charge on any atom is -0.426 e. The van der Waals surface area contributed by atoms with Crippen LogP contribution < -0.4 is 4.74 Å². The van der Waals surface area contributed by atoms with Crippen LogP contribution >= 0.6 is 0 Å². The van der Waals surface area contributed by atoms with Gasteiger partial charge in [0.25, 0.3) is 0 Å². The second-order valence-corrected chi connectivity index (χ2v) is 16.4. The molecule has 0 radical (unpaired) electrons. The normalized spacial score (nSPS) is 21.1. The van der Waals surface area contributed by atoms with Crippen LogP contribution in [0, 0.1) is 34.7 Å². The van der Waals surface area contributed by atoms with Crippen LogP contribution in [0.5, 0.6) is 5.75 Å². The summed E-state index contributed by atoms with van der Waals surface area (Å²) < 4.78 is 45.7. The van der Waals surface area contributed by atoms with E-state index >= 15 is 0 Å². The van der Waals surface area contributed by atoms with Gasteiger partial charge in [0.1, 0.15) is 5.75 Å². The molecule has 0 aliphatic heterocycles. The van der Waals surface area contributed by atoms with Crippen LogP contribution in [0.15, 0.2) is 12.1 Å². The molecule has 0 N–H and O–H groups in total. The number of hydrogen-bond donors (Lipinski definition) is 0. The molecule has 2 aliphatic carbocycles. The van der Waals surface area contributed by atoms with Crippen molar-refractivity contribution in [1.29, 1.82) is 0 Å². The molecule has 2 saturated carbocycles. The summed E-state index contributed by atoms with van der Waals surface area (Å²) in [6.45, 7) is 4.80. The lowest BCUT2D eigenvalue weighted by atomic mass is 9.59. The van der Waals surface area contributed by atoms with E-state index in [0.29, 0.717) is 11.3 Å². The third-order valence-corrected chi connectivity index (χ3v) is 13.3. The zero-order valence-corrected chi connectivity index (χ0v) is 29.6. The Balaban J connectivity index is 1.34. The van der Waals surface area contributed by atoms with Crippen LogP contribution in [0.1, 0.15) is 167 Å². The van der Waals surface area contributed by atoms with Crippen LogP contribution in [0.25, 0.3) is 0 Å². The Labute approximate surface area is 269 Å². The lowest BCUT2D eigenvalue weighted by Gasteiger charge is -2.47. The fourth-order valence-corrected chi connectivity index (χ4v) is 9.81. The Morgan fingerprint density at radius 3 is 1.86 bits per heavy atom. The monoisotopic (exact) mass is 636 g/mol. The highest BCUT2D eigenvalue weighted by Gasteiger charge is 2.42. The summed E-state index contributed by atoms with van der Waals surface area (Å²) in [6, 6.07) is 1.51. The van der Waals surface area contributed by atoms with E-state index in [1.54, 1.807) is 0 Å². The van der Waals surface area contributed by atoms with Gasteiger partial charge in [-0.3, -0.25) is 4.79 Å². The largest absolute Gasteiger partial charge is 0.426 e. The zero-order chi connectivity index (χ0) is 31.6. The first-order valence-electron chi connectivity index (χ1n) is 18.7. The van der Waals surface area contributed by atoms with Gasteiger partial charge in [0.05, 0.1) is 5.92 Å². The molecule has 44 heavy (non-hydrogen) atoms. The van der Waals surface area contributed by atoms with Crippen molar-refractivity contribution >= 4 is 15.5 Å². The number of benzene rings is 1. The highest BCUT2D eigenvalue weighted by molar-refractivity contribution is 6.35. The average Bonchev–Trinajstić information content (AvgIpc) is 3.03. The molecule has 1 atom stereocenters. The van der Waals surface area contributed by atoms with Gasteiger partial charge in [-0.1, -0.05) is 135 Å². The van der Waals surface area contributed by atoms with Crippen molar-refractivity contribution in [3.05, 3.63) is 29.6 Å². The molecule has 0 heterocycles. The fourth-order valence-electron chi connectivity index (χ4n) is 8.42. The second-order valence-electron chi connectivity index (χ2n) is 14.4. The van der Waals surface area contributed by atoms with Crippen LogP contribution in [-0.4, -0.2) is 15.5 Å². The molecule has 1 unspecified atom stereocenters. The number of hydrogen-bond acceptors (Lipinski definition) is 2. The van der Waals surface area contributed by atoms with Gasteiger partial charge in [-0.05, 0) is 56.3 Å². The van der Waals surface area contributed by atoms with Crippen molar-refractivity contribution in [3.8, 4) is 5.75 Å². The molecule has 0 spiro atoms. The first-order valence-corrected chi connectivity index (χ1v) is 21.0. The smallest absolute Gasteiger partial charge is 0.314 e.